The summed E-state index contributed by atoms with van der Waals surface area (Å²) in [6, 6.07) is 0. The summed E-state index contributed by atoms with van der Waals surface area (Å²) in [5, 5.41) is 0. The summed E-state index contributed by atoms with van der Waals surface area (Å²) in [6.45, 7) is 32.6. The van der Waals surface area contributed by atoms with Gasteiger partial charge in [-0.05, 0) is 55.9 Å². The second kappa shape index (κ2) is 22.8. The van der Waals surface area contributed by atoms with Crippen LogP contribution in [0.1, 0.15) is 102 Å². The standard InChI is InChI=1S/C14H23.4C2H6/c1-10(2)12(5)14-8-6-13(7-9-14)11(3)4;4*1-2/h5,11,13-14H,1,6-9H2,2-4H3;4*1-2H3. The first-order valence-corrected chi connectivity index (χ1v) is 9.80. The summed E-state index contributed by atoms with van der Waals surface area (Å²) in [5.41, 5.74) is 2.12. The summed E-state index contributed by atoms with van der Waals surface area (Å²) in [6.07, 6.45) is 5.22. The van der Waals surface area contributed by atoms with Crippen molar-refractivity contribution < 1.29 is 0 Å². The van der Waals surface area contributed by atoms with Gasteiger partial charge in [0, 0.05) is 0 Å². The average molecular weight is 312 g/mol. The van der Waals surface area contributed by atoms with Crippen LogP contribution in [0.2, 0.25) is 0 Å². The van der Waals surface area contributed by atoms with Crippen molar-refractivity contribution in [1.29, 1.82) is 0 Å². The van der Waals surface area contributed by atoms with Crippen molar-refractivity contribution in [3.63, 3.8) is 0 Å². The lowest BCUT2D eigenvalue weighted by atomic mass is 9.74. The molecule has 0 aromatic carbocycles. The van der Waals surface area contributed by atoms with Gasteiger partial charge in [-0.3, -0.25) is 0 Å². The van der Waals surface area contributed by atoms with E-state index in [0.717, 1.165) is 23.0 Å². The third-order valence-electron chi connectivity index (χ3n) is 3.65. The van der Waals surface area contributed by atoms with Gasteiger partial charge in [0.15, 0.2) is 0 Å². The summed E-state index contributed by atoms with van der Waals surface area (Å²) >= 11 is 0. The number of rotatable bonds is 3. The van der Waals surface area contributed by atoms with Gasteiger partial charge >= 0.3 is 0 Å². The van der Waals surface area contributed by atoms with Crippen molar-refractivity contribution in [2.45, 2.75) is 102 Å². The van der Waals surface area contributed by atoms with E-state index in [2.05, 4.69) is 20.4 Å². The fourth-order valence-electron chi connectivity index (χ4n) is 2.45. The minimum absolute atomic E-state index is 0.613. The predicted molar refractivity (Wildman–Crippen MR) is 108 cm³/mol. The smallest absolute Gasteiger partial charge is 0.0159 e. The van der Waals surface area contributed by atoms with Gasteiger partial charge in [0.05, 0.1) is 0 Å². The van der Waals surface area contributed by atoms with Crippen LogP contribution in [0.5, 0.6) is 0 Å². The molecule has 0 amide bonds. The fraction of sp³-hybridized carbons (Fsp3) is 0.818. The predicted octanol–water partition coefficient (Wildman–Crippen LogP) is 8.49. The van der Waals surface area contributed by atoms with Crippen LogP contribution < -0.4 is 0 Å². The number of hydrogen-bond donors (Lipinski definition) is 0. The molecule has 1 radical (unpaired) electrons. The zero-order chi connectivity index (χ0) is 18.7. The quantitative estimate of drug-likeness (QED) is 0.458. The summed E-state index contributed by atoms with van der Waals surface area (Å²) in [5.74, 6) is 2.37. The highest BCUT2D eigenvalue weighted by atomic mass is 14.3. The molecule has 0 saturated heterocycles. The van der Waals surface area contributed by atoms with Crippen molar-refractivity contribution in [1.82, 2.24) is 0 Å². The topological polar surface area (TPSA) is 0 Å². The van der Waals surface area contributed by atoms with Crippen molar-refractivity contribution in [2.75, 3.05) is 0 Å². The van der Waals surface area contributed by atoms with E-state index in [0.29, 0.717) is 5.92 Å². The molecule has 22 heavy (non-hydrogen) atoms. The lowest BCUT2D eigenvalue weighted by molar-refractivity contribution is 0.243. The molecule has 0 aliphatic heterocycles. The molecule has 0 N–H and O–H groups in total. The second-order valence-electron chi connectivity index (χ2n) is 5.09. The van der Waals surface area contributed by atoms with Crippen LogP contribution in [0.25, 0.3) is 0 Å². The first-order valence-electron chi connectivity index (χ1n) is 9.80. The van der Waals surface area contributed by atoms with Gasteiger partial charge in [-0.1, -0.05) is 88.0 Å². The van der Waals surface area contributed by atoms with Crippen LogP contribution in [-0.2, 0) is 0 Å². The molecule has 0 heterocycles. The highest BCUT2D eigenvalue weighted by Gasteiger charge is 2.24. The van der Waals surface area contributed by atoms with E-state index in [1.807, 2.05) is 62.3 Å². The van der Waals surface area contributed by atoms with Gasteiger partial charge in [-0.2, -0.15) is 0 Å². The minimum Gasteiger partial charge on any atom is -0.0958 e. The summed E-state index contributed by atoms with van der Waals surface area (Å²) in [4.78, 5) is 0. The Morgan fingerprint density at radius 2 is 1.14 bits per heavy atom. The molecular formula is C22H47. The molecule has 0 bridgehead atoms. The highest BCUT2D eigenvalue weighted by molar-refractivity contribution is 5.24. The molecule has 1 rings (SSSR count). The van der Waals surface area contributed by atoms with E-state index in [1.54, 1.807) is 0 Å². The van der Waals surface area contributed by atoms with Gasteiger partial charge in [-0.15, -0.1) is 0 Å². The zero-order valence-electron chi connectivity index (χ0n) is 17.8. The van der Waals surface area contributed by atoms with Crippen LogP contribution in [-0.4, -0.2) is 0 Å². The van der Waals surface area contributed by atoms with E-state index in [-0.39, 0.29) is 0 Å². The maximum absolute atomic E-state index is 6.03. The van der Waals surface area contributed by atoms with Crippen molar-refractivity contribution in [3.8, 4) is 0 Å². The van der Waals surface area contributed by atoms with E-state index >= 15 is 0 Å². The van der Waals surface area contributed by atoms with Crippen molar-refractivity contribution >= 4 is 0 Å². The summed E-state index contributed by atoms with van der Waals surface area (Å²) < 4.78 is 0. The largest absolute Gasteiger partial charge is 0.0958 e. The lowest BCUT2D eigenvalue weighted by Gasteiger charge is -2.32. The maximum atomic E-state index is 6.03. The third kappa shape index (κ3) is 14.4. The Morgan fingerprint density at radius 1 is 0.818 bits per heavy atom. The molecule has 1 aliphatic carbocycles. The Labute approximate surface area is 144 Å². The van der Waals surface area contributed by atoms with Gasteiger partial charge in [-0.25, -0.2) is 0 Å². The van der Waals surface area contributed by atoms with Crippen molar-refractivity contribution in [2.24, 2.45) is 17.8 Å². The Balaban J connectivity index is -0.000000175. The maximum Gasteiger partial charge on any atom is -0.0159 e. The minimum atomic E-state index is 0.613. The third-order valence-corrected chi connectivity index (χ3v) is 3.65. The average Bonchev–Trinajstić information content (AvgIpc) is 2.61. The highest BCUT2D eigenvalue weighted by Crippen LogP contribution is 2.37. The van der Waals surface area contributed by atoms with Crippen molar-refractivity contribution in [3.05, 3.63) is 24.3 Å². The Kier molecular flexibility index (Phi) is 30.5. The van der Waals surface area contributed by atoms with E-state index in [1.165, 1.54) is 25.7 Å². The normalized spacial score (nSPS) is 18.7. The SMILES string of the molecule is CC.CC.CC.CC.[CH]=C(C(=C)C)C1CCC(C(C)C)CC1. The Hall–Kier alpha value is -0.520. The molecular weight excluding hydrogens is 264 g/mol. The molecule has 1 saturated carbocycles. The van der Waals surface area contributed by atoms with E-state index < -0.39 is 0 Å². The van der Waals surface area contributed by atoms with Crippen LogP contribution >= 0.6 is 0 Å². The molecule has 1 fully saturated rings. The molecule has 135 valence electrons. The van der Waals surface area contributed by atoms with Crippen LogP contribution in [0.4, 0.5) is 0 Å². The molecule has 1 aliphatic rings. The number of allylic oxidation sites excluding steroid dienone is 2. The second-order valence-corrected chi connectivity index (χ2v) is 5.09. The number of hydrogen-bond acceptors (Lipinski definition) is 0. The fourth-order valence-corrected chi connectivity index (χ4v) is 2.45. The molecule has 0 aromatic rings. The van der Waals surface area contributed by atoms with Gasteiger partial charge in [0.25, 0.3) is 0 Å². The van der Waals surface area contributed by atoms with Gasteiger partial charge < -0.3 is 0 Å². The monoisotopic (exact) mass is 311 g/mol. The Bertz CT molecular complexity index is 214. The molecule has 0 atom stereocenters. The molecule has 0 unspecified atom stereocenters. The molecule has 0 spiro atoms. The first kappa shape index (κ1) is 29.5. The lowest BCUT2D eigenvalue weighted by Crippen LogP contribution is -2.19. The molecule has 0 heteroatoms. The van der Waals surface area contributed by atoms with Gasteiger partial charge in [0.1, 0.15) is 0 Å². The van der Waals surface area contributed by atoms with Gasteiger partial charge in [0.2, 0.25) is 0 Å². The van der Waals surface area contributed by atoms with E-state index in [9.17, 15) is 0 Å². The zero-order valence-corrected chi connectivity index (χ0v) is 17.8. The first-order chi connectivity index (χ1) is 10.5. The summed E-state index contributed by atoms with van der Waals surface area (Å²) in [7, 11) is 0. The molecule has 0 nitrogen and oxygen atoms in total. The van der Waals surface area contributed by atoms with E-state index in [4.69, 9.17) is 6.58 Å². The Morgan fingerprint density at radius 3 is 1.36 bits per heavy atom. The van der Waals surface area contributed by atoms with Crippen LogP contribution in [0.15, 0.2) is 17.7 Å². The molecule has 0 aromatic heterocycles. The van der Waals surface area contributed by atoms with Crippen LogP contribution in [0, 0.1) is 24.3 Å². The van der Waals surface area contributed by atoms with Crippen LogP contribution in [0.3, 0.4) is 0 Å².